The predicted octanol–water partition coefficient (Wildman–Crippen LogP) is 2.90. The van der Waals surface area contributed by atoms with Crippen LogP contribution in [-0.2, 0) is 6.18 Å². The second kappa shape index (κ2) is 5.32. The van der Waals surface area contributed by atoms with Crippen LogP contribution in [0.15, 0.2) is 18.2 Å². The van der Waals surface area contributed by atoms with E-state index < -0.39 is 11.7 Å². The molecule has 1 aromatic carbocycles. The van der Waals surface area contributed by atoms with Gasteiger partial charge in [0, 0.05) is 29.7 Å². The Kier molecular flexibility index (Phi) is 3.97. The SMILES string of the molecule is O=Cc1ccc(C(F)(F)F)cc1C1CNCCS1. The number of hydrogen-bond donors (Lipinski definition) is 1. The lowest BCUT2D eigenvalue weighted by molar-refractivity contribution is -0.137. The van der Waals surface area contributed by atoms with Gasteiger partial charge in [0.15, 0.2) is 0 Å². The third-order valence-electron chi connectivity index (χ3n) is 2.82. The van der Waals surface area contributed by atoms with Gasteiger partial charge in [0.1, 0.15) is 6.29 Å². The number of hydrogen-bond acceptors (Lipinski definition) is 3. The number of carbonyl (C=O) groups is 1. The fourth-order valence-corrected chi connectivity index (χ4v) is 3.07. The Hall–Kier alpha value is -1.01. The third kappa shape index (κ3) is 2.87. The van der Waals surface area contributed by atoms with Crippen molar-refractivity contribution in [3.63, 3.8) is 0 Å². The first-order valence-electron chi connectivity index (χ1n) is 5.51. The van der Waals surface area contributed by atoms with Crippen LogP contribution in [-0.4, -0.2) is 25.1 Å². The topological polar surface area (TPSA) is 29.1 Å². The van der Waals surface area contributed by atoms with E-state index >= 15 is 0 Å². The molecule has 0 bridgehead atoms. The van der Waals surface area contributed by atoms with Crippen LogP contribution in [0.4, 0.5) is 13.2 Å². The monoisotopic (exact) mass is 275 g/mol. The zero-order valence-corrected chi connectivity index (χ0v) is 10.3. The Labute approximate surface area is 107 Å². The minimum absolute atomic E-state index is 0.0961. The molecule has 1 aliphatic heterocycles. The summed E-state index contributed by atoms with van der Waals surface area (Å²) in [6, 6.07) is 3.29. The smallest absolute Gasteiger partial charge is 0.314 e. The van der Waals surface area contributed by atoms with Gasteiger partial charge in [-0.3, -0.25) is 4.79 Å². The molecule has 0 saturated carbocycles. The summed E-state index contributed by atoms with van der Waals surface area (Å²) in [6.07, 6.45) is -3.76. The molecule has 2 rings (SSSR count). The normalized spacial score (nSPS) is 20.7. The molecule has 6 heteroatoms. The molecular formula is C12H12F3NOS. The van der Waals surface area contributed by atoms with Gasteiger partial charge in [-0.25, -0.2) is 0 Å². The van der Waals surface area contributed by atoms with Crippen molar-refractivity contribution in [2.45, 2.75) is 11.4 Å². The first-order valence-corrected chi connectivity index (χ1v) is 6.56. The van der Waals surface area contributed by atoms with Gasteiger partial charge in [0.05, 0.1) is 5.56 Å². The van der Waals surface area contributed by atoms with E-state index in [1.807, 2.05) is 0 Å². The number of halogens is 3. The van der Waals surface area contributed by atoms with Gasteiger partial charge in [0.2, 0.25) is 0 Å². The molecule has 0 spiro atoms. The van der Waals surface area contributed by atoms with Crippen molar-refractivity contribution in [3.05, 3.63) is 34.9 Å². The maximum absolute atomic E-state index is 12.7. The molecule has 0 aromatic heterocycles. The Balaban J connectivity index is 2.38. The summed E-state index contributed by atoms with van der Waals surface area (Å²) in [4.78, 5) is 10.9. The number of alkyl halides is 3. The molecule has 1 atom stereocenters. The maximum atomic E-state index is 12.7. The molecule has 0 amide bonds. The zero-order valence-electron chi connectivity index (χ0n) is 9.46. The van der Waals surface area contributed by atoms with E-state index in [0.717, 1.165) is 24.4 Å². The lowest BCUT2D eigenvalue weighted by atomic mass is 10.0. The molecule has 98 valence electrons. The van der Waals surface area contributed by atoms with Gasteiger partial charge >= 0.3 is 6.18 Å². The zero-order chi connectivity index (χ0) is 13.2. The highest BCUT2D eigenvalue weighted by atomic mass is 32.2. The standard InChI is InChI=1S/C12H12F3NOS/c13-12(14,15)9-2-1-8(7-17)10(5-9)11-6-16-3-4-18-11/h1-2,5,7,11,16H,3-4,6H2. The molecule has 1 N–H and O–H groups in total. The molecule has 1 saturated heterocycles. The summed E-state index contributed by atoms with van der Waals surface area (Å²) in [6.45, 7) is 1.43. The van der Waals surface area contributed by atoms with E-state index in [2.05, 4.69) is 5.32 Å². The minimum atomic E-state index is -4.37. The Morgan fingerprint density at radius 3 is 2.72 bits per heavy atom. The Morgan fingerprint density at radius 2 is 2.17 bits per heavy atom. The largest absolute Gasteiger partial charge is 0.416 e. The van der Waals surface area contributed by atoms with Crippen molar-refractivity contribution >= 4 is 18.0 Å². The molecule has 0 aliphatic carbocycles. The van der Waals surface area contributed by atoms with Crippen LogP contribution < -0.4 is 5.32 Å². The number of rotatable bonds is 2. The van der Waals surface area contributed by atoms with Crippen molar-refractivity contribution in [2.75, 3.05) is 18.8 Å². The summed E-state index contributed by atoms with van der Waals surface area (Å²) >= 11 is 1.58. The molecule has 1 unspecified atom stereocenters. The average Bonchev–Trinajstić information content (AvgIpc) is 2.38. The molecule has 2 nitrogen and oxygen atoms in total. The number of benzene rings is 1. The molecule has 0 radical (unpaired) electrons. The number of thioether (sulfide) groups is 1. The van der Waals surface area contributed by atoms with Gasteiger partial charge in [-0.2, -0.15) is 24.9 Å². The summed E-state index contributed by atoms with van der Waals surface area (Å²) in [5.74, 6) is 0.833. The molecular weight excluding hydrogens is 263 g/mol. The quantitative estimate of drug-likeness (QED) is 0.841. The molecule has 1 aromatic rings. The van der Waals surface area contributed by atoms with Crippen molar-refractivity contribution in [1.29, 1.82) is 0 Å². The minimum Gasteiger partial charge on any atom is -0.314 e. The van der Waals surface area contributed by atoms with Crippen LogP contribution in [0, 0.1) is 0 Å². The van der Waals surface area contributed by atoms with Crippen molar-refractivity contribution in [3.8, 4) is 0 Å². The molecule has 1 heterocycles. The summed E-state index contributed by atoms with van der Waals surface area (Å²) in [5, 5.41) is 3.03. The summed E-state index contributed by atoms with van der Waals surface area (Å²) < 4.78 is 38.0. The molecule has 1 aliphatic rings. The number of aldehydes is 1. The fraction of sp³-hybridized carbons (Fsp3) is 0.417. The second-order valence-electron chi connectivity index (χ2n) is 4.02. The lowest BCUT2D eigenvalue weighted by Gasteiger charge is -2.24. The highest BCUT2D eigenvalue weighted by Crippen LogP contribution is 2.36. The van der Waals surface area contributed by atoms with E-state index in [1.165, 1.54) is 6.07 Å². The van der Waals surface area contributed by atoms with Crippen LogP contribution in [0.1, 0.15) is 26.7 Å². The molecule has 1 fully saturated rings. The van der Waals surface area contributed by atoms with Gasteiger partial charge in [-0.1, -0.05) is 6.07 Å². The highest BCUT2D eigenvalue weighted by Gasteiger charge is 2.32. The van der Waals surface area contributed by atoms with Crippen LogP contribution in [0.25, 0.3) is 0 Å². The van der Waals surface area contributed by atoms with Crippen LogP contribution in [0.3, 0.4) is 0 Å². The predicted molar refractivity (Wildman–Crippen MR) is 64.9 cm³/mol. The van der Waals surface area contributed by atoms with E-state index in [9.17, 15) is 18.0 Å². The Bertz CT molecular complexity index is 441. The van der Waals surface area contributed by atoms with Gasteiger partial charge < -0.3 is 5.32 Å². The van der Waals surface area contributed by atoms with Gasteiger partial charge in [-0.05, 0) is 17.7 Å². The van der Waals surface area contributed by atoms with Crippen molar-refractivity contribution in [2.24, 2.45) is 0 Å². The third-order valence-corrected chi connectivity index (χ3v) is 4.08. The van der Waals surface area contributed by atoms with Gasteiger partial charge in [0.25, 0.3) is 0 Å². The highest BCUT2D eigenvalue weighted by molar-refractivity contribution is 7.99. The average molecular weight is 275 g/mol. The van der Waals surface area contributed by atoms with Gasteiger partial charge in [-0.15, -0.1) is 0 Å². The summed E-state index contributed by atoms with van der Waals surface area (Å²) in [5.41, 5.74) is 0.107. The van der Waals surface area contributed by atoms with Crippen LogP contribution in [0.2, 0.25) is 0 Å². The Morgan fingerprint density at radius 1 is 1.39 bits per heavy atom. The van der Waals surface area contributed by atoms with E-state index in [4.69, 9.17) is 0 Å². The van der Waals surface area contributed by atoms with Crippen molar-refractivity contribution in [1.82, 2.24) is 5.32 Å². The van der Waals surface area contributed by atoms with Crippen LogP contribution in [0.5, 0.6) is 0 Å². The van der Waals surface area contributed by atoms with E-state index in [0.29, 0.717) is 24.0 Å². The first kappa shape index (κ1) is 13.4. The number of carbonyl (C=O) groups excluding carboxylic acids is 1. The fourth-order valence-electron chi connectivity index (χ4n) is 1.90. The van der Waals surface area contributed by atoms with Crippen molar-refractivity contribution < 1.29 is 18.0 Å². The molecule has 18 heavy (non-hydrogen) atoms. The second-order valence-corrected chi connectivity index (χ2v) is 5.33. The first-order chi connectivity index (χ1) is 8.52. The summed E-state index contributed by atoms with van der Waals surface area (Å²) in [7, 11) is 0. The number of nitrogens with one attached hydrogen (secondary N) is 1. The van der Waals surface area contributed by atoms with Crippen LogP contribution >= 0.6 is 11.8 Å². The van der Waals surface area contributed by atoms with E-state index in [1.54, 1.807) is 11.8 Å². The lowest BCUT2D eigenvalue weighted by Crippen LogP contribution is -2.28. The van der Waals surface area contributed by atoms with E-state index in [-0.39, 0.29) is 5.25 Å². The maximum Gasteiger partial charge on any atom is 0.416 e.